The molecule has 126 valence electrons. The van der Waals surface area contributed by atoms with Gasteiger partial charge in [0.25, 0.3) is 5.91 Å². The lowest BCUT2D eigenvalue weighted by molar-refractivity contribution is -0.141. The van der Waals surface area contributed by atoms with Gasteiger partial charge in [0.05, 0.1) is 0 Å². The van der Waals surface area contributed by atoms with Crippen LogP contribution in [-0.2, 0) is 9.53 Å². The average molecular weight is 328 g/mol. The zero-order valence-corrected chi connectivity index (χ0v) is 13.4. The van der Waals surface area contributed by atoms with E-state index in [0.717, 1.165) is 37.6 Å². The lowest BCUT2D eigenvalue weighted by atomic mass is 10.2. The Morgan fingerprint density at radius 2 is 2.00 bits per heavy atom. The third kappa shape index (κ3) is 2.96. The zero-order chi connectivity index (χ0) is 16.4. The summed E-state index contributed by atoms with van der Waals surface area (Å²) in [5.74, 6) is 1.79. The first-order chi connectivity index (χ1) is 11.8. The monoisotopic (exact) mass is 328 g/mol. The molecule has 2 fully saturated rings. The second-order valence-electron chi connectivity index (χ2n) is 6.02. The second kappa shape index (κ2) is 6.56. The highest BCUT2D eigenvalue weighted by Crippen LogP contribution is 2.19. The number of piperazine rings is 1. The van der Waals surface area contributed by atoms with Crippen LogP contribution in [0.25, 0.3) is 5.82 Å². The molecule has 1 atom stereocenters. The van der Waals surface area contributed by atoms with Crippen molar-refractivity contribution in [2.75, 3.05) is 37.7 Å². The molecule has 2 aliphatic rings. The molecule has 8 heteroatoms. The first-order valence-electron chi connectivity index (χ1n) is 8.27. The molecule has 0 bridgehead atoms. The van der Waals surface area contributed by atoms with Crippen molar-refractivity contribution in [3.63, 3.8) is 0 Å². The molecule has 8 nitrogen and oxygen atoms in total. The first kappa shape index (κ1) is 15.1. The summed E-state index contributed by atoms with van der Waals surface area (Å²) in [7, 11) is 0. The van der Waals surface area contributed by atoms with E-state index in [1.807, 2.05) is 21.7 Å². The lowest BCUT2D eigenvalue weighted by Crippen LogP contribution is -2.51. The summed E-state index contributed by atoms with van der Waals surface area (Å²) in [4.78, 5) is 29.2. The number of carbonyl (C=O) groups is 1. The molecular formula is C16H20N6O2. The maximum Gasteiger partial charge on any atom is 0.251 e. The van der Waals surface area contributed by atoms with Gasteiger partial charge in [-0.05, 0) is 12.8 Å². The highest BCUT2D eigenvalue weighted by Gasteiger charge is 2.30. The van der Waals surface area contributed by atoms with Gasteiger partial charge in [0, 0.05) is 51.2 Å². The van der Waals surface area contributed by atoms with Crippen LogP contribution >= 0.6 is 0 Å². The summed E-state index contributed by atoms with van der Waals surface area (Å²) in [5.41, 5.74) is 0. The number of rotatable bonds is 3. The lowest BCUT2D eigenvalue weighted by Gasteiger charge is -2.36. The Bertz CT molecular complexity index is 690. The molecule has 0 aromatic carbocycles. The number of imidazole rings is 1. The van der Waals surface area contributed by atoms with Gasteiger partial charge in [-0.1, -0.05) is 0 Å². The predicted molar refractivity (Wildman–Crippen MR) is 86.9 cm³/mol. The van der Waals surface area contributed by atoms with Crippen LogP contribution in [0.15, 0.2) is 31.1 Å². The number of amides is 1. The van der Waals surface area contributed by atoms with Crippen LogP contribution in [0, 0.1) is 0 Å². The van der Waals surface area contributed by atoms with E-state index in [4.69, 9.17) is 4.74 Å². The van der Waals surface area contributed by atoms with Crippen LogP contribution in [0.5, 0.6) is 0 Å². The largest absolute Gasteiger partial charge is 0.368 e. The zero-order valence-electron chi connectivity index (χ0n) is 13.4. The van der Waals surface area contributed by atoms with Crippen molar-refractivity contribution in [3.8, 4) is 5.82 Å². The van der Waals surface area contributed by atoms with Gasteiger partial charge < -0.3 is 14.5 Å². The van der Waals surface area contributed by atoms with Gasteiger partial charge in [-0.3, -0.25) is 9.36 Å². The number of anilines is 1. The van der Waals surface area contributed by atoms with E-state index in [1.54, 1.807) is 18.9 Å². The average Bonchev–Trinajstić information content (AvgIpc) is 3.35. The highest BCUT2D eigenvalue weighted by atomic mass is 16.5. The van der Waals surface area contributed by atoms with Crippen molar-refractivity contribution in [2.45, 2.75) is 18.9 Å². The molecule has 0 saturated carbocycles. The molecule has 24 heavy (non-hydrogen) atoms. The van der Waals surface area contributed by atoms with E-state index in [2.05, 4.69) is 19.9 Å². The van der Waals surface area contributed by atoms with Crippen molar-refractivity contribution >= 4 is 11.7 Å². The van der Waals surface area contributed by atoms with Gasteiger partial charge in [0.2, 0.25) is 0 Å². The van der Waals surface area contributed by atoms with Gasteiger partial charge >= 0.3 is 0 Å². The van der Waals surface area contributed by atoms with Crippen LogP contribution in [0.4, 0.5) is 5.82 Å². The fourth-order valence-corrected chi connectivity index (χ4v) is 3.18. The Morgan fingerprint density at radius 1 is 1.17 bits per heavy atom. The number of hydrogen-bond acceptors (Lipinski definition) is 6. The van der Waals surface area contributed by atoms with Crippen LogP contribution in [0.3, 0.4) is 0 Å². The molecule has 1 unspecified atom stereocenters. The minimum atomic E-state index is -0.233. The molecule has 0 N–H and O–H groups in total. The van der Waals surface area contributed by atoms with Crippen LogP contribution in [-0.4, -0.2) is 69.2 Å². The second-order valence-corrected chi connectivity index (χ2v) is 6.02. The summed E-state index contributed by atoms with van der Waals surface area (Å²) < 4.78 is 7.35. The van der Waals surface area contributed by atoms with Gasteiger partial charge in [0.15, 0.2) is 0 Å². The van der Waals surface area contributed by atoms with Gasteiger partial charge in [-0.25, -0.2) is 15.0 Å². The fourth-order valence-electron chi connectivity index (χ4n) is 3.18. The normalized spacial score (nSPS) is 21.2. The Kier molecular flexibility index (Phi) is 4.12. The number of ether oxygens (including phenoxy) is 1. The number of carbonyl (C=O) groups excluding carboxylic acids is 1. The molecule has 4 heterocycles. The van der Waals surface area contributed by atoms with E-state index in [1.165, 1.54) is 0 Å². The van der Waals surface area contributed by atoms with Crippen LogP contribution in [0.2, 0.25) is 0 Å². The fraction of sp³-hybridized carbons (Fsp3) is 0.500. The molecule has 0 aliphatic carbocycles. The van der Waals surface area contributed by atoms with E-state index in [9.17, 15) is 4.79 Å². The van der Waals surface area contributed by atoms with Crippen molar-refractivity contribution in [2.24, 2.45) is 0 Å². The molecular weight excluding hydrogens is 308 g/mol. The van der Waals surface area contributed by atoms with Crippen molar-refractivity contribution in [1.82, 2.24) is 24.4 Å². The first-order valence-corrected chi connectivity index (χ1v) is 8.27. The maximum atomic E-state index is 12.4. The standard InChI is InChI=1S/C16H20N6O2/c23-16(13-2-1-9-24-13)21-7-5-20(6-8-21)14-10-15(19-11-18-14)22-4-3-17-12-22/h3-4,10-13H,1-2,5-9H2. The van der Waals surface area contributed by atoms with Crippen molar-refractivity contribution in [1.29, 1.82) is 0 Å². The summed E-state index contributed by atoms with van der Waals surface area (Å²) in [6.45, 7) is 3.62. The van der Waals surface area contributed by atoms with E-state index < -0.39 is 0 Å². The summed E-state index contributed by atoms with van der Waals surface area (Å²) >= 11 is 0. The molecule has 0 radical (unpaired) electrons. The molecule has 2 saturated heterocycles. The molecule has 2 aliphatic heterocycles. The number of hydrogen-bond donors (Lipinski definition) is 0. The van der Waals surface area contributed by atoms with Gasteiger partial charge in [-0.15, -0.1) is 0 Å². The van der Waals surface area contributed by atoms with Crippen LogP contribution < -0.4 is 4.90 Å². The number of nitrogens with zero attached hydrogens (tertiary/aromatic N) is 6. The smallest absolute Gasteiger partial charge is 0.251 e. The predicted octanol–water partition coefficient (Wildman–Crippen LogP) is 0.490. The summed E-state index contributed by atoms with van der Waals surface area (Å²) in [6.07, 6.45) is 8.44. The third-order valence-corrected chi connectivity index (χ3v) is 4.53. The SMILES string of the molecule is O=C(C1CCCO1)N1CCN(c2cc(-n3ccnc3)ncn2)CC1. The minimum absolute atomic E-state index is 0.133. The molecule has 4 rings (SSSR count). The Hall–Kier alpha value is -2.48. The van der Waals surface area contributed by atoms with Crippen molar-refractivity contribution < 1.29 is 9.53 Å². The summed E-state index contributed by atoms with van der Waals surface area (Å²) in [5, 5.41) is 0. The van der Waals surface area contributed by atoms with Crippen LogP contribution in [0.1, 0.15) is 12.8 Å². The number of aromatic nitrogens is 4. The summed E-state index contributed by atoms with van der Waals surface area (Å²) in [6, 6.07) is 1.94. The molecule has 2 aromatic heterocycles. The topological polar surface area (TPSA) is 76.4 Å². The Morgan fingerprint density at radius 3 is 2.71 bits per heavy atom. The van der Waals surface area contributed by atoms with E-state index in [-0.39, 0.29) is 12.0 Å². The highest BCUT2D eigenvalue weighted by molar-refractivity contribution is 5.81. The third-order valence-electron chi connectivity index (χ3n) is 4.53. The van der Waals surface area contributed by atoms with E-state index in [0.29, 0.717) is 19.7 Å². The minimum Gasteiger partial charge on any atom is -0.368 e. The molecule has 2 aromatic rings. The molecule has 1 amide bonds. The Labute approximate surface area is 140 Å². The van der Waals surface area contributed by atoms with Gasteiger partial charge in [0.1, 0.15) is 30.4 Å². The quantitative estimate of drug-likeness (QED) is 0.816. The van der Waals surface area contributed by atoms with Crippen molar-refractivity contribution in [3.05, 3.63) is 31.1 Å². The van der Waals surface area contributed by atoms with E-state index >= 15 is 0 Å². The Balaban J connectivity index is 1.41. The molecule has 0 spiro atoms. The maximum absolute atomic E-state index is 12.4. The van der Waals surface area contributed by atoms with Gasteiger partial charge in [-0.2, -0.15) is 0 Å².